The van der Waals surface area contributed by atoms with Crippen LogP contribution in [0.5, 0.6) is 0 Å². The van der Waals surface area contributed by atoms with Gasteiger partial charge in [-0.25, -0.2) is 0 Å². The molecule has 2 atom stereocenters. The lowest BCUT2D eigenvalue weighted by Gasteiger charge is -2.34. The third-order valence-electron chi connectivity index (χ3n) is 10.6. The average Bonchev–Trinajstić information content (AvgIpc) is 3.23. The molecule has 0 bridgehead atoms. The van der Waals surface area contributed by atoms with Crippen LogP contribution in [0.1, 0.15) is 187 Å². The molecule has 0 amide bonds. The van der Waals surface area contributed by atoms with E-state index in [0.717, 1.165) is 89.9 Å². The fourth-order valence-electron chi connectivity index (χ4n) is 6.83. The van der Waals surface area contributed by atoms with Crippen LogP contribution in [0.15, 0.2) is 85.1 Å². The molecule has 0 fully saturated rings. The highest BCUT2D eigenvalue weighted by atomic mass is 16.6. The van der Waals surface area contributed by atoms with E-state index < -0.39 is 18.1 Å². The van der Waals surface area contributed by atoms with Crippen molar-refractivity contribution in [3.05, 3.63) is 85.1 Å². The lowest BCUT2D eigenvalue weighted by Crippen LogP contribution is -2.55. The first kappa shape index (κ1) is 58.5. The maximum atomic E-state index is 12.8. The predicted molar refractivity (Wildman–Crippen MR) is 258 cm³/mol. The predicted octanol–water partition coefficient (Wildman–Crippen LogP) is 12.7. The highest BCUT2D eigenvalue weighted by Crippen LogP contribution is 2.15. The summed E-state index contributed by atoms with van der Waals surface area (Å²) in [7, 11) is 5.40. The van der Waals surface area contributed by atoms with Gasteiger partial charge in [0.1, 0.15) is 12.6 Å². The summed E-state index contributed by atoms with van der Waals surface area (Å²) in [5.41, 5.74) is 0. The van der Waals surface area contributed by atoms with Gasteiger partial charge in [0, 0.05) is 19.3 Å². The summed E-state index contributed by atoms with van der Waals surface area (Å²) in [6.45, 7) is 4.40. The lowest BCUT2D eigenvalue weighted by atomic mass is 10.0. The number of rotatable bonds is 43. The van der Waals surface area contributed by atoms with E-state index >= 15 is 0 Å². The normalized spacial score (nSPS) is 13.6. The van der Waals surface area contributed by atoms with Gasteiger partial charge in [-0.1, -0.05) is 182 Å². The number of hydrogen-bond acceptors (Lipinski definition) is 7. The minimum absolute atomic E-state index is 0.0309. The topological polar surface area (TPSA) is 102 Å². The number of esters is 2. The molecule has 0 aromatic heterocycles. The Bertz CT molecular complexity index is 1290. The molecule has 0 spiro atoms. The first-order chi connectivity index (χ1) is 30.1. The summed E-state index contributed by atoms with van der Waals surface area (Å²) < 4.78 is 17.2. The van der Waals surface area contributed by atoms with Crippen molar-refractivity contribution in [1.82, 2.24) is 0 Å². The number of nitrogens with zero attached hydrogens (tertiary/aromatic N) is 1. The van der Waals surface area contributed by atoms with Crippen molar-refractivity contribution < 1.29 is 38.2 Å². The van der Waals surface area contributed by atoms with Crippen LogP contribution in [0.4, 0.5) is 0 Å². The summed E-state index contributed by atoms with van der Waals surface area (Å²) in [5.74, 6) is -1.76. The summed E-state index contributed by atoms with van der Waals surface area (Å²) in [6.07, 6.45) is 57.5. The van der Waals surface area contributed by atoms with E-state index in [-0.39, 0.29) is 42.7 Å². The number of aliphatic carboxylic acids is 1. The number of unbranched alkanes of at least 4 members (excludes halogenated alkanes) is 17. The molecular weight excluding hydrogens is 775 g/mol. The molecule has 8 heteroatoms. The lowest BCUT2D eigenvalue weighted by molar-refractivity contribution is -0.889. The second-order valence-corrected chi connectivity index (χ2v) is 17.3. The number of quaternary nitrogens is 1. The molecule has 0 N–H and O–H groups in total. The van der Waals surface area contributed by atoms with Crippen LogP contribution in [-0.2, 0) is 28.6 Å². The van der Waals surface area contributed by atoms with E-state index in [4.69, 9.17) is 14.2 Å². The molecule has 0 aliphatic rings. The van der Waals surface area contributed by atoms with Crippen LogP contribution in [0.3, 0.4) is 0 Å². The zero-order chi connectivity index (χ0) is 45.6. The van der Waals surface area contributed by atoms with E-state index in [1.807, 2.05) is 0 Å². The van der Waals surface area contributed by atoms with E-state index in [0.29, 0.717) is 12.8 Å². The largest absolute Gasteiger partial charge is 0.544 e. The maximum Gasteiger partial charge on any atom is 0.306 e. The monoisotopic (exact) mass is 866 g/mol. The van der Waals surface area contributed by atoms with Gasteiger partial charge in [0.2, 0.25) is 0 Å². The molecule has 0 rings (SSSR count). The smallest absolute Gasteiger partial charge is 0.306 e. The minimum Gasteiger partial charge on any atom is -0.544 e. The van der Waals surface area contributed by atoms with Gasteiger partial charge in [0.15, 0.2) is 6.10 Å². The summed E-state index contributed by atoms with van der Waals surface area (Å²) in [5, 5.41) is 11.7. The third kappa shape index (κ3) is 41.8. The fourth-order valence-corrected chi connectivity index (χ4v) is 6.83. The molecule has 0 saturated heterocycles. The van der Waals surface area contributed by atoms with Gasteiger partial charge < -0.3 is 28.6 Å². The molecule has 0 aliphatic carbocycles. The number of carboxylic acids is 1. The van der Waals surface area contributed by atoms with Gasteiger partial charge in [-0.05, 0) is 70.6 Å². The van der Waals surface area contributed by atoms with Crippen molar-refractivity contribution in [2.75, 3.05) is 41.0 Å². The van der Waals surface area contributed by atoms with Gasteiger partial charge >= 0.3 is 11.9 Å². The number of carbonyl (C=O) groups excluding carboxylic acids is 3. The van der Waals surface area contributed by atoms with Crippen LogP contribution in [0.25, 0.3) is 0 Å². The number of carbonyl (C=O) groups is 3. The zero-order valence-electron chi connectivity index (χ0n) is 40.3. The molecule has 2 unspecified atom stereocenters. The summed E-state index contributed by atoms with van der Waals surface area (Å²) in [4.78, 5) is 37.0. The van der Waals surface area contributed by atoms with E-state index in [2.05, 4.69) is 98.9 Å². The molecule has 0 aliphatic heterocycles. The zero-order valence-corrected chi connectivity index (χ0v) is 40.3. The van der Waals surface area contributed by atoms with E-state index in [9.17, 15) is 19.5 Å². The third-order valence-corrected chi connectivity index (χ3v) is 10.6. The van der Waals surface area contributed by atoms with E-state index in [1.54, 1.807) is 21.1 Å². The van der Waals surface area contributed by atoms with Crippen LogP contribution in [0.2, 0.25) is 0 Å². The van der Waals surface area contributed by atoms with Gasteiger partial charge in [0.05, 0.1) is 40.3 Å². The van der Waals surface area contributed by atoms with Gasteiger partial charge in [-0.15, -0.1) is 0 Å². The number of ether oxygens (including phenoxy) is 3. The highest BCUT2D eigenvalue weighted by molar-refractivity contribution is 5.70. The first-order valence-electron chi connectivity index (χ1n) is 24.6. The number of likely N-dealkylation sites (N-methyl/N-ethyl adjacent to an activating group) is 1. The standard InChI is InChI=1S/C54H91NO7/c1-6-8-10-12-14-16-18-20-22-23-24-25-26-27-28-29-31-33-35-37-39-41-43-45-53(57)62-50(48-60-47-46-51(54(58)59)55(3,4)5)49-61-52(56)44-42-40-38-36-34-32-30-21-19-17-15-13-11-9-7-2/h8-11,13-17,19-20,22,24-25,50-51H,6-7,12,18,21,23,26-49H2,1-5H3/b10-8+,11-9+,15-13+,16-14+,19-17+,22-20+,25-24+. The Morgan fingerprint density at radius 3 is 1.44 bits per heavy atom. The number of hydrogen-bond donors (Lipinski definition) is 0. The molecule has 0 heterocycles. The quantitative estimate of drug-likeness (QED) is 0.0198. The molecule has 62 heavy (non-hydrogen) atoms. The average molecular weight is 866 g/mol. The summed E-state index contributed by atoms with van der Waals surface area (Å²) in [6, 6.07) is -0.733. The van der Waals surface area contributed by atoms with Gasteiger partial charge in [-0.3, -0.25) is 9.59 Å². The highest BCUT2D eigenvalue weighted by Gasteiger charge is 2.25. The Labute approximate surface area is 380 Å². The molecule has 0 aromatic rings. The SMILES string of the molecule is CC/C=C/C=C/C=C/CCCCCCCCCC(=O)OCC(COCCC(C(=O)[O-])[N+](C)(C)C)OC(=O)CCCCCCCCCCCC/C=C/C/C=C/C/C=C/C/C=C/CC. The summed E-state index contributed by atoms with van der Waals surface area (Å²) >= 11 is 0. The molecular formula is C54H91NO7. The molecule has 354 valence electrons. The van der Waals surface area contributed by atoms with Crippen molar-refractivity contribution in [1.29, 1.82) is 0 Å². The Balaban J connectivity index is 4.27. The van der Waals surface area contributed by atoms with Crippen LogP contribution < -0.4 is 5.11 Å². The number of carboxylic acid groups (broad SMARTS) is 1. The van der Waals surface area contributed by atoms with Crippen molar-refractivity contribution in [3.8, 4) is 0 Å². The minimum atomic E-state index is -1.13. The Hall–Kier alpha value is -3.49. The fraction of sp³-hybridized carbons (Fsp3) is 0.685. The van der Waals surface area contributed by atoms with Crippen LogP contribution >= 0.6 is 0 Å². The Morgan fingerprint density at radius 1 is 0.500 bits per heavy atom. The van der Waals surface area contributed by atoms with Gasteiger partial charge in [-0.2, -0.15) is 0 Å². The van der Waals surface area contributed by atoms with Crippen molar-refractivity contribution >= 4 is 17.9 Å². The van der Waals surface area contributed by atoms with Crippen molar-refractivity contribution in [2.24, 2.45) is 0 Å². The van der Waals surface area contributed by atoms with Crippen LogP contribution in [0, 0.1) is 0 Å². The van der Waals surface area contributed by atoms with Crippen LogP contribution in [-0.4, -0.2) is 75.5 Å². The number of allylic oxidation sites excluding steroid dienone is 14. The second-order valence-electron chi connectivity index (χ2n) is 17.3. The molecule has 0 aromatic carbocycles. The molecule has 0 radical (unpaired) electrons. The molecule has 0 saturated carbocycles. The first-order valence-corrected chi connectivity index (χ1v) is 24.6. The molecule has 8 nitrogen and oxygen atoms in total. The van der Waals surface area contributed by atoms with Gasteiger partial charge in [0.25, 0.3) is 0 Å². The Morgan fingerprint density at radius 2 is 0.935 bits per heavy atom. The maximum absolute atomic E-state index is 12.8. The van der Waals surface area contributed by atoms with Crippen molar-refractivity contribution in [2.45, 2.75) is 199 Å². The second kappa shape index (κ2) is 44.1. The van der Waals surface area contributed by atoms with Crippen molar-refractivity contribution in [3.63, 3.8) is 0 Å². The Kier molecular flexibility index (Phi) is 41.6. The van der Waals surface area contributed by atoms with E-state index in [1.165, 1.54) is 64.2 Å².